The number of rotatable bonds is 4. The molecule has 0 bridgehead atoms. The summed E-state index contributed by atoms with van der Waals surface area (Å²) in [7, 11) is 1.71. The van der Waals surface area contributed by atoms with Gasteiger partial charge in [0.15, 0.2) is 0 Å². The predicted molar refractivity (Wildman–Crippen MR) is 111 cm³/mol. The molecule has 2 aliphatic heterocycles. The summed E-state index contributed by atoms with van der Waals surface area (Å²) in [6.07, 6.45) is 7.54. The molecule has 2 saturated carbocycles. The van der Waals surface area contributed by atoms with Crippen molar-refractivity contribution in [3.63, 3.8) is 0 Å². The maximum atomic E-state index is 13.1. The van der Waals surface area contributed by atoms with Crippen molar-refractivity contribution in [3.8, 4) is 5.75 Å². The van der Waals surface area contributed by atoms with E-state index >= 15 is 0 Å². The molecule has 28 heavy (non-hydrogen) atoms. The summed E-state index contributed by atoms with van der Waals surface area (Å²) in [6.45, 7) is 6.18. The van der Waals surface area contributed by atoms with Crippen LogP contribution in [0.2, 0.25) is 0 Å². The molecule has 0 radical (unpaired) electrons. The molecule has 1 amide bonds. The van der Waals surface area contributed by atoms with E-state index in [1.54, 1.807) is 7.11 Å². The fourth-order valence-corrected chi connectivity index (χ4v) is 5.53. The van der Waals surface area contributed by atoms with Crippen LogP contribution >= 0.6 is 0 Å². The Morgan fingerprint density at radius 3 is 2.25 bits per heavy atom. The first-order chi connectivity index (χ1) is 13.7. The number of benzene rings is 1. The number of carbonyl (C=O) groups excluding carboxylic acids is 1. The highest BCUT2D eigenvalue weighted by molar-refractivity contribution is 5.83. The lowest BCUT2D eigenvalue weighted by atomic mass is 9.89. The number of carbonyl (C=O) groups is 1. The molecule has 1 spiro atoms. The Labute approximate surface area is 168 Å². The fraction of sp³-hybridized carbons (Fsp3) is 0.696. The lowest BCUT2D eigenvalue weighted by molar-refractivity contribution is -0.136. The van der Waals surface area contributed by atoms with E-state index in [1.807, 2.05) is 12.1 Å². The van der Waals surface area contributed by atoms with Crippen LogP contribution in [-0.2, 0) is 4.79 Å². The van der Waals surface area contributed by atoms with Crippen molar-refractivity contribution in [1.29, 1.82) is 0 Å². The van der Waals surface area contributed by atoms with Crippen molar-refractivity contribution in [1.82, 2.24) is 9.80 Å². The number of ether oxygens (including phenoxy) is 1. The molecule has 5 rings (SSSR count). The maximum absolute atomic E-state index is 13.1. The molecule has 152 valence electrons. The van der Waals surface area contributed by atoms with Crippen molar-refractivity contribution in [2.75, 3.05) is 51.3 Å². The van der Waals surface area contributed by atoms with Gasteiger partial charge < -0.3 is 14.5 Å². The zero-order valence-electron chi connectivity index (χ0n) is 17.1. The topological polar surface area (TPSA) is 36.0 Å². The van der Waals surface area contributed by atoms with Gasteiger partial charge in [0.05, 0.1) is 7.11 Å². The molecule has 1 atom stereocenters. The average molecular weight is 384 g/mol. The Balaban J connectivity index is 1.12. The van der Waals surface area contributed by atoms with Crippen molar-refractivity contribution in [3.05, 3.63) is 24.3 Å². The van der Waals surface area contributed by atoms with Gasteiger partial charge in [0.2, 0.25) is 5.91 Å². The van der Waals surface area contributed by atoms with E-state index in [4.69, 9.17) is 4.74 Å². The summed E-state index contributed by atoms with van der Waals surface area (Å²) in [4.78, 5) is 20.3. The van der Waals surface area contributed by atoms with Crippen LogP contribution in [0.15, 0.2) is 24.3 Å². The molecular weight excluding hydrogens is 350 g/mol. The SMILES string of the molecule is COc1ccc(N2CCC3(CC2)CC3C(=O)N2CCN(C3CCC3)CC2)cc1. The second-order valence-corrected chi connectivity index (χ2v) is 9.25. The minimum atomic E-state index is 0.292. The van der Waals surface area contributed by atoms with Crippen LogP contribution in [0.3, 0.4) is 0 Å². The van der Waals surface area contributed by atoms with Crippen molar-refractivity contribution in [2.24, 2.45) is 11.3 Å². The van der Waals surface area contributed by atoms with Crippen LogP contribution < -0.4 is 9.64 Å². The second kappa shape index (κ2) is 7.25. The summed E-state index contributed by atoms with van der Waals surface area (Å²) in [5.74, 6) is 1.65. The van der Waals surface area contributed by atoms with Crippen molar-refractivity contribution in [2.45, 2.75) is 44.6 Å². The van der Waals surface area contributed by atoms with Gasteiger partial charge in [-0.3, -0.25) is 9.69 Å². The van der Waals surface area contributed by atoms with Gasteiger partial charge in [-0.15, -0.1) is 0 Å². The monoisotopic (exact) mass is 383 g/mol. The van der Waals surface area contributed by atoms with E-state index in [1.165, 1.54) is 24.9 Å². The molecule has 1 aromatic rings. The van der Waals surface area contributed by atoms with Crippen LogP contribution in [0.5, 0.6) is 5.75 Å². The van der Waals surface area contributed by atoms with E-state index in [2.05, 4.69) is 26.8 Å². The highest BCUT2D eigenvalue weighted by Crippen LogP contribution is 2.60. The third-order valence-corrected chi connectivity index (χ3v) is 7.90. The predicted octanol–water partition coefficient (Wildman–Crippen LogP) is 3.00. The van der Waals surface area contributed by atoms with E-state index in [9.17, 15) is 4.79 Å². The molecule has 0 aromatic heterocycles. The first kappa shape index (κ1) is 18.3. The normalized spacial score (nSPS) is 27.5. The van der Waals surface area contributed by atoms with E-state index in [0.717, 1.165) is 70.3 Å². The minimum absolute atomic E-state index is 0.292. The Hall–Kier alpha value is -1.75. The minimum Gasteiger partial charge on any atom is -0.497 e. The Bertz CT molecular complexity index is 699. The largest absolute Gasteiger partial charge is 0.497 e. The molecule has 1 aromatic carbocycles. The highest BCUT2D eigenvalue weighted by Gasteiger charge is 2.59. The zero-order valence-corrected chi connectivity index (χ0v) is 17.1. The molecule has 2 heterocycles. The first-order valence-electron chi connectivity index (χ1n) is 11.1. The first-order valence-corrected chi connectivity index (χ1v) is 11.1. The third kappa shape index (κ3) is 3.28. The molecule has 4 aliphatic rings. The molecule has 2 aliphatic carbocycles. The van der Waals surface area contributed by atoms with Gasteiger partial charge in [-0.1, -0.05) is 6.42 Å². The van der Waals surface area contributed by atoms with Crippen molar-refractivity contribution >= 4 is 11.6 Å². The van der Waals surface area contributed by atoms with Gasteiger partial charge in [-0.2, -0.15) is 0 Å². The number of amides is 1. The average Bonchev–Trinajstić information content (AvgIpc) is 3.40. The molecule has 5 heteroatoms. The molecule has 5 nitrogen and oxygen atoms in total. The van der Waals surface area contributed by atoms with Gasteiger partial charge in [0.1, 0.15) is 5.75 Å². The smallest absolute Gasteiger partial charge is 0.226 e. The van der Waals surface area contributed by atoms with Crippen LogP contribution in [0.1, 0.15) is 38.5 Å². The van der Waals surface area contributed by atoms with Crippen LogP contribution in [0, 0.1) is 11.3 Å². The number of anilines is 1. The van der Waals surface area contributed by atoms with E-state index < -0.39 is 0 Å². The number of nitrogens with zero attached hydrogens (tertiary/aromatic N) is 3. The molecule has 1 unspecified atom stereocenters. The number of hydrogen-bond donors (Lipinski definition) is 0. The fourth-order valence-electron chi connectivity index (χ4n) is 5.53. The highest BCUT2D eigenvalue weighted by atomic mass is 16.5. The summed E-state index contributed by atoms with van der Waals surface area (Å²) in [6, 6.07) is 9.17. The van der Waals surface area contributed by atoms with Crippen LogP contribution in [-0.4, -0.2) is 68.1 Å². The third-order valence-electron chi connectivity index (χ3n) is 7.90. The van der Waals surface area contributed by atoms with Gasteiger partial charge in [-0.25, -0.2) is 0 Å². The molecular formula is C23H33N3O2. The quantitative estimate of drug-likeness (QED) is 0.801. The standard InChI is InChI=1S/C23H33N3O2/c1-28-20-7-5-19(6-8-20)24-11-9-23(10-12-24)17-21(23)22(27)26-15-13-25(14-16-26)18-3-2-4-18/h5-8,18,21H,2-4,9-17H2,1H3. The molecule has 2 saturated heterocycles. The van der Waals surface area contributed by atoms with E-state index in [0.29, 0.717) is 17.2 Å². The Morgan fingerprint density at radius 1 is 1.00 bits per heavy atom. The van der Waals surface area contributed by atoms with Gasteiger partial charge >= 0.3 is 0 Å². The van der Waals surface area contributed by atoms with Crippen LogP contribution in [0.4, 0.5) is 5.69 Å². The Kier molecular flexibility index (Phi) is 4.74. The number of piperidine rings is 1. The summed E-state index contributed by atoms with van der Waals surface area (Å²) in [5, 5.41) is 0. The van der Waals surface area contributed by atoms with Gasteiger partial charge in [-0.05, 0) is 61.8 Å². The number of piperazine rings is 1. The van der Waals surface area contributed by atoms with E-state index in [-0.39, 0.29) is 0 Å². The van der Waals surface area contributed by atoms with Crippen LogP contribution in [0.25, 0.3) is 0 Å². The summed E-state index contributed by atoms with van der Waals surface area (Å²) in [5.41, 5.74) is 1.57. The number of methoxy groups -OCH3 is 1. The Morgan fingerprint density at radius 2 is 1.68 bits per heavy atom. The van der Waals surface area contributed by atoms with Crippen molar-refractivity contribution < 1.29 is 9.53 Å². The second-order valence-electron chi connectivity index (χ2n) is 9.25. The molecule has 4 fully saturated rings. The lowest BCUT2D eigenvalue weighted by Gasteiger charge is -2.43. The van der Waals surface area contributed by atoms with Gasteiger partial charge in [0.25, 0.3) is 0 Å². The van der Waals surface area contributed by atoms with Gasteiger partial charge in [0, 0.05) is 56.9 Å². The summed E-state index contributed by atoms with van der Waals surface area (Å²) >= 11 is 0. The lowest BCUT2D eigenvalue weighted by Crippen LogP contribution is -2.54. The summed E-state index contributed by atoms with van der Waals surface area (Å²) < 4.78 is 5.26. The number of hydrogen-bond acceptors (Lipinski definition) is 4. The molecule has 0 N–H and O–H groups in total. The zero-order chi connectivity index (χ0) is 19.1. The maximum Gasteiger partial charge on any atom is 0.226 e.